The van der Waals surface area contributed by atoms with Gasteiger partial charge in [0.15, 0.2) is 5.65 Å². The highest BCUT2D eigenvalue weighted by Gasteiger charge is 2.04. The van der Waals surface area contributed by atoms with Crippen molar-refractivity contribution in [3.8, 4) is 11.1 Å². The minimum Gasteiger partial charge on any atom is -0.235 e. The van der Waals surface area contributed by atoms with Gasteiger partial charge in [0.25, 0.3) is 0 Å². The Morgan fingerprint density at radius 1 is 1.06 bits per heavy atom. The Kier molecular flexibility index (Phi) is 2.44. The number of aryl methyl sites for hydroxylation is 1. The van der Waals surface area contributed by atoms with E-state index < -0.39 is 0 Å². The minimum absolute atomic E-state index is 0.834. The highest BCUT2D eigenvalue weighted by molar-refractivity contribution is 9.10. The molecule has 2 aromatic heterocycles. The average Bonchev–Trinajstić information content (AvgIpc) is 2.72. The van der Waals surface area contributed by atoms with E-state index in [1.54, 1.807) is 10.7 Å². The first-order valence-electron chi connectivity index (χ1n) is 5.30. The van der Waals surface area contributed by atoms with Crippen molar-refractivity contribution in [3.63, 3.8) is 0 Å². The molecule has 0 N–H and O–H groups in total. The van der Waals surface area contributed by atoms with Gasteiger partial charge in [0.1, 0.15) is 0 Å². The lowest BCUT2D eigenvalue weighted by Crippen LogP contribution is -1.91. The summed E-state index contributed by atoms with van der Waals surface area (Å²) in [7, 11) is 0. The van der Waals surface area contributed by atoms with Crippen molar-refractivity contribution in [1.82, 2.24) is 14.6 Å². The molecule has 0 aliphatic rings. The summed E-state index contributed by atoms with van der Waals surface area (Å²) >= 11 is 3.41. The standard InChI is InChI=1S/C13H10BrN3/c1-9-2-4-10(5-3-9)11-6-15-13-12(14)7-16-17(13)8-11/h2-8H,1H3. The second kappa shape index (κ2) is 3.96. The van der Waals surface area contributed by atoms with Crippen LogP contribution < -0.4 is 0 Å². The van der Waals surface area contributed by atoms with Crippen molar-refractivity contribution in [2.45, 2.75) is 6.92 Å². The van der Waals surface area contributed by atoms with E-state index in [2.05, 4.69) is 57.2 Å². The zero-order valence-corrected chi connectivity index (χ0v) is 10.8. The molecule has 0 aliphatic heterocycles. The maximum atomic E-state index is 4.39. The molecule has 0 aliphatic carbocycles. The van der Waals surface area contributed by atoms with Crippen molar-refractivity contribution in [1.29, 1.82) is 0 Å². The molecule has 0 atom stereocenters. The van der Waals surface area contributed by atoms with Crippen LogP contribution >= 0.6 is 15.9 Å². The van der Waals surface area contributed by atoms with E-state index in [4.69, 9.17) is 0 Å². The first-order valence-corrected chi connectivity index (χ1v) is 6.09. The molecule has 0 spiro atoms. The first kappa shape index (κ1) is 10.5. The number of nitrogens with zero attached hydrogens (tertiary/aromatic N) is 3. The highest BCUT2D eigenvalue weighted by atomic mass is 79.9. The minimum atomic E-state index is 0.834. The quantitative estimate of drug-likeness (QED) is 0.686. The first-order chi connectivity index (χ1) is 8.24. The highest BCUT2D eigenvalue weighted by Crippen LogP contribution is 2.21. The maximum Gasteiger partial charge on any atom is 0.169 e. The maximum absolute atomic E-state index is 4.39. The van der Waals surface area contributed by atoms with Gasteiger partial charge in [-0.3, -0.25) is 0 Å². The van der Waals surface area contributed by atoms with Crippen molar-refractivity contribution < 1.29 is 0 Å². The van der Waals surface area contributed by atoms with Crippen LogP contribution in [-0.4, -0.2) is 14.6 Å². The van der Waals surface area contributed by atoms with Gasteiger partial charge in [-0.2, -0.15) is 5.10 Å². The second-order valence-corrected chi connectivity index (χ2v) is 4.82. The molecular weight excluding hydrogens is 278 g/mol. The fraction of sp³-hybridized carbons (Fsp3) is 0.0769. The Labute approximate surface area is 107 Å². The molecule has 0 saturated carbocycles. The molecule has 3 aromatic rings. The number of hydrogen-bond donors (Lipinski definition) is 0. The third-order valence-electron chi connectivity index (χ3n) is 2.70. The molecule has 3 rings (SSSR count). The van der Waals surface area contributed by atoms with Crippen LogP contribution in [0.1, 0.15) is 5.56 Å². The SMILES string of the molecule is Cc1ccc(-c2cnc3c(Br)cnn3c2)cc1. The van der Waals surface area contributed by atoms with Gasteiger partial charge in [-0.15, -0.1) is 0 Å². The molecule has 2 heterocycles. The lowest BCUT2D eigenvalue weighted by molar-refractivity contribution is 0.941. The fourth-order valence-corrected chi connectivity index (χ4v) is 2.12. The summed E-state index contributed by atoms with van der Waals surface area (Å²) < 4.78 is 2.69. The molecule has 0 saturated heterocycles. The number of aromatic nitrogens is 3. The molecule has 0 fully saturated rings. The summed E-state index contributed by atoms with van der Waals surface area (Å²) in [5, 5.41) is 4.23. The van der Waals surface area contributed by atoms with E-state index >= 15 is 0 Å². The summed E-state index contributed by atoms with van der Waals surface area (Å²) in [5.41, 5.74) is 4.30. The molecule has 4 heteroatoms. The predicted octanol–water partition coefficient (Wildman–Crippen LogP) is 3.47. The predicted molar refractivity (Wildman–Crippen MR) is 70.9 cm³/mol. The van der Waals surface area contributed by atoms with Crippen LogP contribution in [0.5, 0.6) is 0 Å². The number of benzene rings is 1. The van der Waals surface area contributed by atoms with Gasteiger partial charge >= 0.3 is 0 Å². The molecule has 1 aromatic carbocycles. The van der Waals surface area contributed by atoms with E-state index in [0.29, 0.717) is 0 Å². The Morgan fingerprint density at radius 3 is 2.59 bits per heavy atom. The molecule has 3 nitrogen and oxygen atoms in total. The summed E-state index contributed by atoms with van der Waals surface area (Å²) in [6.45, 7) is 2.08. The zero-order valence-electron chi connectivity index (χ0n) is 9.26. The summed E-state index contributed by atoms with van der Waals surface area (Å²) in [4.78, 5) is 4.39. The average molecular weight is 288 g/mol. The molecule has 0 amide bonds. The van der Waals surface area contributed by atoms with E-state index in [1.807, 2.05) is 12.4 Å². The van der Waals surface area contributed by atoms with Crippen LogP contribution in [-0.2, 0) is 0 Å². The van der Waals surface area contributed by atoms with Crippen molar-refractivity contribution in [2.24, 2.45) is 0 Å². The number of fused-ring (bicyclic) bond motifs is 1. The van der Waals surface area contributed by atoms with Crippen LogP contribution in [0.15, 0.2) is 47.3 Å². The van der Waals surface area contributed by atoms with Gasteiger partial charge in [-0.25, -0.2) is 9.50 Å². The molecule has 0 bridgehead atoms. The van der Waals surface area contributed by atoms with Crippen molar-refractivity contribution in [2.75, 3.05) is 0 Å². The van der Waals surface area contributed by atoms with Crippen LogP contribution in [0.25, 0.3) is 16.8 Å². The molecule has 17 heavy (non-hydrogen) atoms. The van der Waals surface area contributed by atoms with Gasteiger partial charge in [0, 0.05) is 18.0 Å². The fourth-order valence-electron chi connectivity index (χ4n) is 1.74. The Morgan fingerprint density at radius 2 is 1.82 bits per heavy atom. The Balaban J connectivity index is 2.14. The normalized spacial score (nSPS) is 10.9. The Hall–Kier alpha value is -1.68. The summed E-state index contributed by atoms with van der Waals surface area (Å²) in [6.07, 6.45) is 5.60. The smallest absolute Gasteiger partial charge is 0.169 e. The molecule has 84 valence electrons. The number of rotatable bonds is 1. The van der Waals surface area contributed by atoms with Gasteiger partial charge in [-0.05, 0) is 28.4 Å². The largest absolute Gasteiger partial charge is 0.235 e. The van der Waals surface area contributed by atoms with E-state index in [1.165, 1.54) is 5.56 Å². The lowest BCUT2D eigenvalue weighted by atomic mass is 10.1. The topological polar surface area (TPSA) is 30.2 Å². The van der Waals surface area contributed by atoms with Gasteiger partial charge in [0.2, 0.25) is 0 Å². The van der Waals surface area contributed by atoms with Crippen molar-refractivity contribution in [3.05, 3.63) is 52.9 Å². The monoisotopic (exact) mass is 287 g/mol. The second-order valence-electron chi connectivity index (χ2n) is 3.97. The number of halogens is 1. The summed E-state index contributed by atoms with van der Waals surface area (Å²) in [5.74, 6) is 0. The number of hydrogen-bond acceptors (Lipinski definition) is 2. The Bertz CT molecular complexity index is 671. The van der Waals surface area contributed by atoms with Gasteiger partial charge in [0.05, 0.1) is 10.7 Å². The van der Waals surface area contributed by atoms with Crippen LogP contribution in [0.2, 0.25) is 0 Å². The zero-order chi connectivity index (χ0) is 11.8. The summed E-state index contributed by atoms with van der Waals surface area (Å²) in [6, 6.07) is 8.38. The molecule has 0 unspecified atom stereocenters. The van der Waals surface area contributed by atoms with Crippen LogP contribution in [0.4, 0.5) is 0 Å². The van der Waals surface area contributed by atoms with E-state index in [0.717, 1.165) is 21.2 Å². The van der Waals surface area contributed by atoms with Gasteiger partial charge < -0.3 is 0 Å². The lowest BCUT2D eigenvalue weighted by Gasteiger charge is -2.02. The van der Waals surface area contributed by atoms with E-state index in [9.17, 15) is 0 Å². The van der Waals surface area contributed by atoms with Gasteiger partial charge in [-0.1, -0.05) is 29.8 Å². The third kappa shape index (κ3) is 1.85. The van der Waals surface area contributed by atoms with Crippen molar-refractivity contribution >= 4 is 21.6 Å². The van der Waals surface area contributed by atoms with Crippen LogP contribution in [0.3, 0.4) is 0 Å². The molecular formula is C13H10BrN3. The van der Waals surface area contributed by atoms with E-state index in [-0.39, 0.29) is 0 Å². The van der Waals surface area contributed by atoms with Crippen LogP contribution in [0, 0.1) is 6.92 Å². The third-order valence-corrected chi connectivity index (χ3v) is 3.26. The molecule has 0 radical (unpaired) electrons.